The third-order valence-electron chi connectivity index (χ3n) is 3.11. The number of amides is 1. The van der Waals surface area contributed by atoms with Crippen molar-refractivity contribution in [3.63, 3.8) is 0 Å². The van der Waals surface area contributed by atoms with Gasteiger partial charge in [-0.05, 0) is 49.4 Å². The highest BCUT2D eigenvalue weighted by Crippen LogP contribution is 2.17. The summed E-state index contributed by atoms with van der Waals surface area (Å²) in [6.45, 7) is 1.38. The molecule has 25 heavy (non-hydrogen) atoms. The molecule has 1 atom stereocenters. The summed E-state index contributed by atoms with van der Waals surface area (Å²) >= 11 is 3.20. The number of ether oxygens (including phenoxy) is 1. The molecule has 0 bridgehead atoms. The number of rotatable bonds is 5. The molecule has 2 aromatic carbocycles. The summed E-state index contributed by atoms with van der Waals surface area (Å²) < 4.78 is 32.2. The molecule has 0 saturated heterocycles. The summed E-state index contributed by atoms with van der Waals surface area (Å²) in [5.41, 5.74) is 0.447. The van der Waals surface area contributed by atoms with Crippen LogP contribution in [0.1, 0.15) is 12.5 Å². The lowest BCUT2D eigenvalue weighted by atomic mass is 10.2. The van der Waals surface area contributed by atoms with E-state index in [1.54, 1.807) is 0 Å². The zero-order valence-electron chi connectivity index (χ0n) is 13.1. The van der Waals surface area contributed by atoms with Gasteiger partial charge in [0.1, 0.15) is 11.6 Å². The second-order valence-electron chi connectivity index (χ2n) is 5.08. The third-order valence-corrected chi connectivity index (χ3v) is 3.60. The molecule has 2 rings (SSSR count). The summed E-state index contributed by atoms with van der Waals surface area (Å²) in [7, 11) is 0. The number of benzene rings is 2. The average molecular weight is 410 g/mol. The van der Waals surface area contributed by atoms with Crippen molar-refractivity contribution < 1.29 is 23.1 Å². The lowest BCUT2D eigenvalue weighted by Crippen LogP contribution is -2.29. The Labute approximate surface area is 151 Å². The molecule has 7 heteroatoms. The lowest BCUT2D eigenvalue weighted by Gasteiger charge is -2.12. The van der Waals surface area contributed by atoms with Crippen molar-refractivity contribution in [3.05, 3.63) is 70.2 Å². The Balaban J connectivity index is 1.94. The maximum Gasteiger partial charge on any atom is 0.331 e. The van der Waals surface area contributed by atoms with Gasteiger partial charge in [-0.15, -0.1) is 0 Å². The molecule has 4 nitrogen and oxygen atoms in total. The molecular formula is C18H14BrF2NO3. The van der Waals surface area contributed by atoms with Crippen LogP contribution in [0.15, 0.2) is 53.0 Å². The van der Waals surface area contributed by atoms with Crippen LogP contribution < -0.4 is 5.32 Å². The molecule has 0 fully saturated rings. The van der Waals surface area contributed by atoms with Crippen LogP contribution in [0.25, 0.3) is 6.08 Å². The SMILES string of the molecule is CC(OC(=O)/C=C/c1cc(Br)ccc1F)C(=O)Nc1cccc(F)c1. The first-order valence-electron chi connectivity index (χ1n) is 7.25. The minimum absolute atomic E-state index is 0.197. The Kier molecular flexibility index (Phi) is 6.41. The molecule has 1 unspecified atom stereocenters. The number of carbonyl (C=O) groups is 2. The number of halogens is 3. The van der Waals surface area contributed by atoms with Gasteiger partial charge < -0.3 is 10.1 Å². The second kappa shape index (κ2) is 8.53. The van der Waals surface area contributed by atoms with E-state index in [9.17, 15) is 18.4 Å². The van der Waals surface area contributed by atoms with Gasteiger partial charge in [-0.3, -0.25) is 4.79 Å². The van der Waals surface area contributed by atoms with Crippen molar-refractivity contribution in [1.29, 1.82) is 0 Å². The van der Waals surface area contributed by atoms with E-state index in [1.807, 2.05) is 0 Å². The standard InChI is InChI=1S/C18H14BrF2NO3/c1-11(18(24)22-15-4-2-3-14(20)10-15)25-17(23)8-5-12-9-13(19)6-7-16(12)21/h2-11H,1H3,(H,22,24)/b8-5+. The van der Waals surface area contributed by atoms with Crippen LogP contribution in [0.3, 0.4) is 0 Å². The number of hydrogen-bond acceptors (Lipinski definition) is 3. The van der Waals surface area contributed by atoms with Gasteiger partial charge in [0.2, 0.25) is 0 Å². The van der Waals surface area contributed by atoms with E-state index in [-0.39, 0.29) is 11.3 Å². The predicted octanol–water partition coefficient (Wildman–Crippen LogP) is 4.31. The van der Waals surface area contributed by atoms with Crippen LogP contribution in [-0.4, -0.2) is 18.0 Å². The third kappa shape index (κ3) is 5.79. The van der Waals surface area contributed by atoms with Crippen LogP contribution in [0.2, 0.25) is 0 Å². The molecule has 0 aliphatic heterocycles. The normalized spacial score (nSPS) is 12.0. The molecule has 2 aromatic rings. The van der Waals surface area contributed by atoms with Crippen LogP contribution in [0.4, 0.5) is 14.5 Å². The maximum absolute atomic E-state index is 13.6. The van der Waals surface area contributed by atoms with E-state index in [2.05, 4.69) is 21.2 Å². The fourth-order valence-electron chi connectivity index (χ4n) is 1.88. The van der Waals surface area contributed by atoms with E-state index in [0.29, 0.717) is 4.47 Å². The molecule has 0 aromatic heterocycles. The fraction of sp³-hybridized carbons (Fsp3) is 0.111. The molecular weight excluding hydrogens is 396 g/mol. The monoisotopic (exact) mass is 409 g/mol. The average Bonchev–Trinajstić information content (AvgIpc) is 2.55. The Hall–Kier alpha value is -2.54. The smallest absolute Gasteiger partial charge is 0.331 e. The van der Waals surface area contributed by atoms with Crippen molar-refractivity contribution in [2.24, 2.45) is 0 Å². The van der Waals surface area contributed by atoms with E-state index >= 15 is 0 Å². The zero-order valence-corrected chi connectivity index (χ0v) is 14.7. The van der Waals surface area contributed by atoms with Gasteiger partial charge >= 0.3 is 5.97 Å². The number of anilines is 1. The van der Waals surface area contributed by atoms with Crippen molar-refractivity contribution in [2.45, 2.75) is 13.0 Å². The van der Waals surface area contributed by atoms with Crippen LogP contribution in [0.5, 0.6) is 0 Å². The quantitative estimate of drug-likeness (QED) is 0.591. The number of nitrogens with one attached hydrogen (secondary N) is 1. The Morgan fingerprint density at radius 2 is 1.96 bits per heavy atom. The summed E-state index contributed by atoms with van der Waals surface area (Å²) in [4.78, 5) is 23.7. The van der Waals surface area contributed by atoms with Crippen molar-refractivity contribution in [2.75, 3.05) is 5.32 Å². The second-order valence-corrected chi connectivity index (χ2v) is 5.99. The van der Waals surface area contributed by atoms with Gasteiger partial charge in [0.05, 0.1) is 0 Å². The Morgan fingerprint density at radius 3 is 2.68 bits per heavy atom. The van der Waals surface area contributed by atoms with E-state index in [0.717, 1.165) is 12.1 Å². The molecule has 0 saturated carbocycles. The van der Waals surface area contributed by atoms with Gasteiger partial charge in [-0.2, -0.15) is 0 Å². The molecule has 0 spiro atoms. The summed E-state index contributed by atoms with van der Waals surface area (Å²) in [5, 5.41) is 2.43. The first-order chi connectivity index (χ1) is 11.8. The van der Waals surface area contributed by atoms with E-state index < -0.39 is 29.6 Å². The van der Waals surface area contributed by atoms with Crippen LogP contribution in [-0.2, 0) is 14.3 Å². The first kappa shape index (κ1) is 18.8. The maximum atomic E-state index is 13.6. The Bertz CT molecular complexity index is 824. The molecule has 130 valence electrons. The first-order valence-corrected chi connectivity index (χ1v) is 8.04. The van der Waals surface area contributed by atoms with Gasteiger partial charge in [0.15, 0.2) is 6.10 Å². The molecule has 1 amide bonds. The number of esters is 1. The predicted molar refractivity (Wildman–Crippen MR) is 93.7 cm³/mol. The Morgan fingerprint density at radius 1 is 1.20 bits per heavy atom. The summed E-state index contributed by atoms with van der Waals surface area (Å²) in [6, 6.07) is 9.61. The largest absolute Gasteiger partial charge is 0.449 e. The topological polar surface area (TPSA) is 55.4 Å². The fourth-order valence-corrected chi connectivity index (χ4v) is 2.26. The molecule has 0 aliphatic rings. The van der Waals surface area contributed by atoms with Crippen LogP contribution in [0, 0.1) is 11.6 Å². The minimum atomic E-state index is -1.10. The van der Waals surface area contributed by atoms with Crippen molar-refractivity contribution in [1.82, 2.24) is 0 Å². The van der Waals surface area contributed by atoms with Crippen molar-refractivity contribution in [3.8, 4) is 0 Å². The highest BCUT2D eigenvalue weighted by atomic mass is 79.9. The molecule has 0 radical (unpaired) electrons. The summed E-state index contributed by atoms with van der Waals surface area (Å²) in [6.07, 6.45) is 1.17. The van der Waals surface area contributed by atoms with Gasteiger partial charge in [0, 0.05) is 21.8 Å². The van der Waals surface area contributed by atoms with E-state index in [4.69, 9.17) is 4.74 Å². The molecule has 0 heterocycles. The van der Waals surface area contributed by atoms with Gasteiger partial charge in [-0.25, -0.2) is 13.6 Å². The van der Waals surface area contributed by atoms with E-state index in [1.165, 1.54) is 49.4 Å². The highest BCUT2D eigenvalue weighted by molar-refractivity contribution is 9.10. The minimum Gasteiger partial charge on any atom is -0.449 e. The number of carbonyl (C=O) groups excluding carboxylic acids is 2. The highest BCUT2D eigenvalue weighted by Gasteiger charge is 2.17. The van der Waals surface area contributed by atoms with Gasteiger partial charge in [-0.1, -0.05) is 22.0 Å². The molecule has 0 aliphatic carbocycles. The number of hydrogen-bond donors (Lipinski definition) is 1. The molecule has 1 N–H and O–H groups in total. The lowest BCUT2D eigenvalue weighted by molar-refractivity contribution is -0.148. The van der Waals surface area contributed by atoms with Crippen molar-refractivity contribution >= 4 is 39.6 Å². The van der Waals surface area contributed by atoms with Crippen LogP contribution >= 0.6 is 15.9 Å². The summed E-state index contributed by atoms with van der Waals surface area (Å²) in [5.74, 6) is -2.41. The van der Waals surface area contributed by atoms with Gasteiger partial charge in [0.25, 0.3) is 5.91 Å². The zero-order chi connectivity index (χ0) is 18.4.